The van der Waals surface area contributed by atoms with E-state index in [1.807, 2.05) is 6.92 Å². The summed E-state index contributed by atoms with van der Waals surface area (Å²) in [6.07, 6.45) is 3.50. The molecule has 20 heavy (non-hydrogen) atoms. The Morgan fingerprint density at radius 3 is 2.85 bits per heavy atom. The van der Waals surface area contributed by atoms with Gasteiger partial charge < -0.3 is 5.73 Å². The molecule has 0 radical (unpaired) electrons. The van der Waals surface area contributed by atoms with Crippen LogP contribution in [0.2, 0.25) is 5.02 Å². The van der Waals surface area contributed by atoms with E-state index in [2.05, 4.69) is 14.7 Å². The molecular formula is C11H13ClN4O2S2. The number of thiazole rings is 1. The molecule has 0 bridgehead atoms. The molecule has 1 atom stereocenters. The number of hydrogen-bond acceptors (Lipinski definition) is 6. The summed E-state index contributed by atoms with van der Waals surface area (Å²) in [6.45, 7) is 1.87. The Kier molecular flexibility index (Phi) is 4.59. The monoisotopic (exact) mass is 332 g/mol. The smallest absolute Gasteiger partial charge is 0.244 e. The highest BCUT2D eigenvalue weighted by molar-refractivity contribution is 7.89. The van der Waals surface area contributed by atoms with E-state index in [4.69, 9.17) is 17.3 Å². The van der Waals surface area contributed by atoms with Gasteiger partial charge in [0, 0.05) is 17.8 Å². The Labute approximate surface area is 126 Å². The Morgan fingerprint density at radius 2 is 2.25 bits per heavy atom. The summed E-state index contributed by atoms with van der Waals surface area (Å²) in [5, 5.41) is 2.70. The van der Waals surface area contributed by atoms with Crippen molar-refractivity contribution in [2.24, 2.45) is 0 Å². The minimum absolute atomic E-state index is 0.0871. The van der Waals surface area contributed by atoms with E-state index >= 15 is 0 Å². The minimum Gasteiger partial charge on any atom is -0.383 e. The summed E-state index contributed by atoms with van der Waals surface area (Å²) >= 11 is 7.16. The number of nitrogens with zero attached hydrogens (tertiary/aromatic N) is 2. The van der Waals surface area contributed by atoms with E-state index in [1.54, 1.807) is 11.6 Å². The number of sulfonamides is 1. The number of halogens is 1. The molecule has 0 aliphatic carbocycles. The maximum atomic E-state index is 12.4. The first-order valence-corrected chi connectivity index (χ1v) is 8.51. The Balaban J connectivity index is 2.33. The molecule has 0 saturated heterocycles. The molecule has 2 aromatic heterocycles. The second-order valence-corrected chi connectivity index (χ2v) is 7.03. The molecule has 0 aromatic carbocycles. The van der Waals surface area contributed by atoms with E-state index in [0.29, 0.717) is 11.4 Å². The van der Waals surface area contributed by atoms with Crippen LogP contribution in [0.4, 0.5) is 5.82 Å². The second-order valence-electron chi connectivity index (χ2n) is 3.99. The fraction of sp³-hybridized carbons (Fsp3) is 0.273. The molecule has 0 unspecified atom stereocenters. The van der Waals surface area contributed by atoms with Crippen LogP contribution in [0, 0.1) is 0 Å². The van der Waals surface area contributed by atoms with Gasteiger partial charge in [-0.1, -0.05) is 18.5 Å². The van der Waals surface area contributed by atoms with Gasteiger partial charge in [0.2, 0.25) is 10.0 Å². The maximum absolute atomic E-state index is 12.4. The molecule has 2 rings (SSSR count). The lowest BCUT2D eigenvalue weighted by atomic mass is 10.3. The van der Waals surface area contributed by atoms with Gasteiger partial charge in [-0.25, -0.2) is 23.1 Å². The van der Waals surface area contributed by atoms with Crippen LogP contribution in [0.5, 0.6) is 0 Å². The van der Waals surface area contributed by atoms with Gasteiger partial charge in [-0.15, -0.1) is 11.3 Å². The number of anilines is 1. The molecule has 6 nitrogen and oxygen atoms in total. The fourth-order valence-corrected chi connectivity index (χ4v) is 4.07. The average molecular weight is 333 g/mol. The molecule has 0 aliphatic rings. The van der Waals surface area contributed by atoms with E-state index in [0.717, 1.165) is 0 Å². The van der Waals surface area contributed by atoms with Crippen molar-refractivity contribution in [2.75, 3.05) is 5.73 Å². The molecule has 2 heterocycles. The molecule has 0 spiro atoms. The van der Waals surface area contributed by atoms with Gasteiger partial charge in [0.25, 0.3) is 0 Å². The predicted molar refractivity (Wildman–Crippen MR) is 79.1 cm³/mol. The molecule has 2 aromatic rings. The topological polar surface area (TPSA) is 98.0 Å². The van der Waals surface area contributed by atoms with Crippen molar-refractivity contribution in [1.29, 1.82) is 0 Å². The van der Waals surface area contributed by atoms with Gasteiger partial charge in [0.05, 0.1) is 11.1 Å². The number of rotatable bonds is 5. The molecule has 3 N–H and O–H groups in total. The zero-order chi connectivity index (χ0) is 14.8. The van der Waals surface area contributed by atoms with Crippen molar-refractivity contribution in [3.63, 3.8) is 0 Å². The number of nitrogens with one attached hydrogen (secondary N) is 1. The minimum atomic E-state index is -3.81. The molecule has 0 fully saturated rings. The fourth-order valence-electron chi connectivity index (χ4n) is 1.61. The Hall–Kier alpha value is -1.22. The van der Waals surface area contributed by atoms with Gasteiger partial charge in [0.15, 0.2) is 0 Å². The standard InChI is InChI=1S/C11H13ClN4O2S2/c1-2-8(11-14-3-4-19-11)16-20(17,18)9-5-7(12)6-15-10(9)13/h3-6,8,16H,2H2,1H3,(H2,13,15)/t8-/m0/s1. The maximum Gasteiger partial charge on any atom is 0.244 e. The highest BCUT2D eigenvalue weighted by Gasteiger charge is 2.24. The highest BCUT2D eigenvalue weighted by atomic mass is 35.5. The first-order valence-electron chi connectivity index (χ1n) is 5.76. The number of hydrogen-bond donors (Lipinski definition) is 2. The molecule has 0 amide bonds. The van der Waals surface area contributed by atoms with Crippen molar-refractivity contribution >= 4 is 38.8 Å². The van der Waals surface area contributed by atoms with Crippen LogP contribution in [-0.2, 0) is 10.0 Å². The first kappa shape index (κ1) is 15.2. The number of aromatic nitrogens is 2. The zero-order valence-corrected chi connectivity index (χ0v) is 13.0. The molecule has 108 valence electrons. The van der Waals surface area contributed by atoms with Gasteiger partial charge in [-0.2, -0.15) is 0 Å². The van der Waals surface area contributed by atoms with Gasteiger partial charge in [0.1, 0.15) is 15.7 Å². The van der Waals surface area contributed by atoms with E-state index in [-0.39, 0.29) is 15.7 Å². The Bertz CT molecular complexity index is 688. The lowest BCUT2D eigenvalue weighted by Gasteiger charge is -2.15. The van der Waals surface area contributed by atoms with Crippen molar-refractivity contribution in [3.8, 4) is 0 Å². The van der Waals surface area contributed by atoms with Crippen molar-refractivity contribution in [1.82, 2.24) is 14.7 Å². The summed E-state index contributed by atoms with van der Waals surface area (Å²) in [5.74, 6) is -0.0871. The zero-order valence-electron chi connectivity index (χ0n) is 10.6. The largest absolute Gasteiger partial charge is 0.383 e. The van der Waals surface area contributed by atoms with Crippen molar-refractivity contribution < 1.29 is 8.42 Å². The van der Waals surface area contributed by atoms with Crippen LogP contribution < -0.4 is 10.5 Å². The van der Waals surface area contributed by atoms with Crippen LogP contribution in [-0.4, -0.2) is 18.4 Å². The van der Waals surface area contributed by atoms with E-state index < -0.39 is 16.1 Å². The highest BCUT2D eigenvalue weighted by Crippen LogP contribution is 2.25. The number of pyridine rings is 1. The lowest BCUT2D eigenvalue weighted by molar-refractivity contribution is 0.549. The Morgan fingerprint density at radius 1 is 1.50 bits per heavy atom. The lowest BCUT2D eigenvalue weighted by Crippen LogP contribution is -2.29. The average Bonchev–Trinajstić information content (AvgIpc) is 2.92. The SMILES string of the molecule is CC[C@H](NS(=O)(=O)c1cc(Cl)cnc1N)c1nccs1. The number of nitrogens with two attached hydrogens (primary N) is 1. The summed E-state index contributed by atoms with van der Waals surface area (Å²) in [5.41, 5.74) is 5.61. The third kappa shape index (κ3) is 3.26. The molecule has 9 heteroatoms. The molecule has 0 aliphatic heterocycles. The van der Waals surface area contributed by atoms with Crippen LogP contribution >= 0.6 is 22.9 Å². The van der Waals surface area contributed by atoms with Crippen molar-refractivity contribution in [3.05, 3.63) is 33.9 Å². The van der Waals surface area contributed by atoms with Gasteiger partial charge >= 0.3 is 0 Å². The summed E-state index contributed by atoms with van der Waals surface area (Å²) < 4.78 is 27.3. The van der Waals surface area contributed by atoms with Gasteiger partial charge in [-0.05, 0) is 12.5 Å². The second kappa shape index (κ2) is 6.04. The molecular weight excluding hydrogens is 320 g/mol. The van der Waals surface area contributed by atoms with Crippen LogP contribution in [0.25, 0.3) is 0 Å². The van der Waals surface area contributed by atoms with Crippen LogP contribution in [0.1, 0.15) is 24.4 Å². The van der Waals surface area contributed by atoms with E-state index in [1.165, 1.54) is 23.6 Å². The first-order chi connectivity index (χ1) is 9.44. The third-order valence-electron chi connectivity index (χ3n) is 2.59. The predicted octanol–water partition coefficient (Wildman–Crippen LogP) is 2.20. The van der Waals surface area contributed by atoms with Gasteiger partial charge in [-0.3, -0.25) is 0 Å². The quantitative estimate of drug-likeness (QED) is 0.874. The third-order valence-corrected chi connectivity index (χ3v) is 5.19. The summed E-state index contributed by atoms with van der Waals surface area (Å²) in [7, 11) is -3.81. The summed E-state index contributed by atoms with van der Waals surface area (Å²) in [4.78, 5) is 7.75. The van der Waals surface area contributed by atoms with Crippen molar-refractivity contribution in [2.45, 2.75) is 24.3 Å². The normalized spacial score (nSPS) is 13.3. The van der Waals surface area contributed by atoms with Crippen LogP contribution in [0.15, 0.2) is 28.7 Å². The number of nitrogen functional groups attached to an aromatic ring is 1. The van der Waals surface area contributed by atoms with Crippen LogP contribution in [0.3, 0.4) is 0 Å². The van der Waals surface area contributed by atoms with E-state index in [9.17, 15) is 8.42 Å². The summed E-state index contributed by atoms with van der Waals surface area (Å²) in [6, 6.07) is 0.874. The molecule has 0 saturated carbocycles.